The standard InChI is InChI=1S/C29H25N3O3/c33-21-9-6-19(7-10-21)28-24-16-20(31-29(34)35-17-18-4-2-1-3-5-18)8-11-22(24)27-23-14-15-30-25(23)12-13-26(27)32-28/h1-7,9-10,12-15,20,30,33H,8,11,16-17H2,(H,31,34). The lowest BCUT2D eigenvalue weighted by atomic mass is 9.83. The van der Waals surface area contributed by atoms with Crippen molar-refractivity contribution in [1.29, 1.82) is 0 Å². The van der Waals surface area contributed by atoms with Crippen LogP contribution in [0.3, 0.4) is 0 Å². The van der Waals surface area contributed by atoms with Gasteiger partial charge in [0.05, 0.1) is 11.2 Å². The van der Waals surface area contributed by atoms with Crippen LogP contribution in [0, 0.1) is 0 Å². The van der Waals surface area contributed by atoms with Crippen LogP contribution in [0.25, 0.3) is 33.1 Å². The molecule has 0 fully saturated rings. The average Bonchev–Trinajstić information content (AvgIpc) is 3.37. The van der Waals surface area contributed by atoms with E-state index in [1.807, 2.05) is 48.7 Å². The van der Waals surface area contributed by atoms with E-state index in [2.05, 4.69) is 28.5 Å². The van der Waals surface area contributed by atoms with Gasteiger partial charge in [-0.05, 0) is 78.4 Å². The SMILES string of the molecule is O=C(NC1CCc2c(c(-c3ccc(O)cc3)nc3ccc4[nH]ccc4c23)C1)OCc1ccccc1. The van der Waals surface area contributed by atoms with Crippen LogP contribution in [0.4, 0.5) is 4.79 Å². The maximum absolute atomic E-state index is 12.6. The molecule has 1 aliphatic carbocycles. The third kappa shape index (κ3) is 4.08. The van der Waals surface area contributed by atoms with Crippen molar-refractivity contribution >= 4 is 27.9 Å². The van der Waals surface area contributed by atoms with E-state index in [1.54, 1.807) is 12.1 Å². The number of carbonyl (C=O) groups is 1. The van der Waals surface area contributed by atoms with Crippen LogP contribution < -0.4 is 5.32 Å². The number of benzene rings is 3. The zero-order valence-corrected chi connectivity index (χ0v) is 19.1. The molecule has 0 saturated heterocycles. The average molecular weight is 464 g/mol. The number of nitrogens with zero attached hydrogens (tertiary/aromatic N) is 1. The van der Waals surface area contributed by atoms with Crippen LogP contribution in [-0.2, 0) is 24.2 Å². The van der Waals surface area contributed by atoms with Gasteiger partial charge in [0.25, 0.3) is 0 Å². The van der Waals surface area contributed by atoms with E-state index >= 15 is 0 Å². The van der Waals surface area contributed by atoms with Crippen molar-refractivity contribution in [2.75, 3.05) is 0 Å². The molecule has 0 radical (unpaired) electrons. The largest absolute Gasteiger partial charge is 0.508 e. The van der Waals surface area contributed by atoms with Crippen molar-refractivity contribution in [2.24, 2.45) is 0 Å². The molecule has 0 spiro atoms. The minimum Gasteiger partial charge on any atom is -0.508 e. The molecule has 0 bridgehead atoms. The minimum atomic E-state index is -0.407. The quantitative estimate of drug-likeness (QED) is 0.311. The van der Waals surface area contributed by atoms with Gasteiger partial charge in [-0.2, -0.15) is 0 Å². The van der Waals surface area contributed by atoms with Gasteiger partial charge >= 0.3 is 6.09 Å². The first-order valence-electron chi connectivity index (χ1n) is 11.8. The number of aromatic amines is 1. The van der Waals surface area contributed by atoms with Crippen LogP contribution in [-0.4, -0.2) is 27.2 Å². The van der Waals surface area contributed by atoms with Gasteiger partial charge < -0.3 is 20.1 Å². The molecule has 5 aromatic rings. The van der Waals surface area contributed by atoms with E-state index < -0.39 is 6.09 Å². The summed E-state index contributed by atoms with van der Waals surface area (Å²) in [7, 11) is 0. The number of pyridine rings is 1. The normalized spacial score (nSPS) is 15.1. The number of fused-ring (bicyclic) bond motifs is 5. The second-order valence-electron chi connectivity index (χ2n) is 9.01. The highest BCUT2D eigenvalue weighted by Gasteiger charge is 2.27. The lowest BCUT2D eigenvalue weighted by Gasteiger charge is -2.28. The van der Waals surface area contributed by atoms with Gasteiger partial charge in [0.1, 0.15) is 12.4 Å². The van der Waals surface area contributed by atoms with Crippen molar-refractivity contribution < 1.29 is 14.6 Å². The van der Waals surface area contributed by atoms with Gasteiger partial charge in [0.15, 0.2) is 0 Å². The van der Waals surface area contributed by atoms with E-state index in [-0.39, 0.29) is 18.4 Å². The Morgan fingerprint density at radius 1 is 1.03 bits per heavy atom. The molecule has 35 heavy (non-hydrogen) atoms. The van der Waals surface area contributed by atoms with Gasteiger partial charge in [-0.3, -0.25) is 0 Å². The van der Waals surface area contributed by atoms with E-state index in [9.17, 15) is 9.90 Å². The lowest BCUT2D eigenvalue weighted by Crippen LogP contribution is -2.39. The minimum absolute atomic E-state index is 0.0497. The highest BCUT2D eigenvalue weighted by atomic mass is 16.5. The van der Waals surface area contributed by atoms with Crippen LogP contribution in [0.2, 0.25) is 0 Å². The molecular formula is C29H25N3O3. The Morgan fingerprint density at radius 3 is 2.69 bits per heavy atom. The summed E-state index contributed by atoms with van der Waals surface area (Å²) in [5, 5.41) is 15.2. The molecule has 2 aromatic heterocycles. The summed E-state index contributed by atoms with van der Waals surface area (Å²) >= 11 is 0. The van der Waals surface area contributed by atoms with Gasteiger partial charge in [-0.15, -0.1) is 0 Å². The smallest absolute Gasteiger partial charge is 0.407 e. The maximum Gasteiger partial charge on any atom is 0.407 e. The maximum atomic E-state index is 12.6. The first-order chi connectivity index (χ1) is 17.2. The van der Waals surface area contributed by atoms with E-state index in [1.165, 1.54) is 10.9 Å². The zero-order valence-electron chi connectivity index (χ0n) is 19.1. The number of hydrogen-bond acceptors (Lipinski definition) is 4. The summed E-state index contributed by atoms with van der Waals surface area (Å²) in [4.78, 5) is 20.9. The highest BCUT2D eigenvalue weighted by molar-refractivity contribution is 6.08. The molecular weight excluding hydrogens is 438 g/mol. The number of carbonyl (C=O) groups excluding carboxylic acids is 1. The number of aryl methyl sites for hydroxylation is 1. The van der Waals surface area contributed by atoms with Gasteiger partial charge in [-0.1, -0.05) is 30.3 Å². The van der Waals surface area contributed by atoms with Crippen LogP contribution in [0.1, 0.15) is 23.1 Å². The molecule has 0 saturated carbocycles. The number of phenolic OH excluding ortho intramolecular Hbond substituents is 1. The van der Waals surface area contributed by atoms with Crippen LogP contribution >= 0.6 is 0 Å². The monoisotopic (exact) mass is 463 g/mol. The van der Waals surface area contributed by atoms with Gasteiger partial charge in [0.2, 0.25) is 0 Å². The molecule has 3 N–H and O–H groups in total. The molecule has 0 aliphatic heterocycles. The number of aromatic nitrogens is 2. The van der Waals surface area contributed by atoms with Crippen molar-refractivity contribution in [2.45, 2.75) is 31.9 Å². The second-order valence-corrected chi connectivity index (χ2v) is 9.01. The number of amides is 1. The van der Waals surface area contributed by atoms with Crippen molar-refractivity contribution in [1.82, 2.24) is 15.3 Å². The third-order valence-corrected chi connectivity index (χ3v) is 6.77. The second kappa shape index (κ2) is 8.80. The first-order valence-corrected chi connectivity index (χ1v) is 11.8. The van der Waals surface area contributed by atoms with E-state index in [0.29, 0.717) is 6.42 Å². The predicted octanol–water partition coefficient (Wildman–Crippen LogP) is 5.87. The van der Waals surface area contributed by atoms with Crippen molar-refractivity contribution in [3.05, 3.63) is 95.7 Å². The fourth-order valence-corrected chi connectivity index (χ4v) is 5.09. The number of nitrogens with one attached hydrogen (secondary N) is 2. The van der Waals surface area contributed by atoms with E-state index in [4.69, 9.17) is 9.72 Å². The Bertz CT molecular complexity index is 1520. The Balaban J connectivity index is 1.34. The molecule has 6 rings (SSSR count). The molecule has 2 heterocycles. The number of H-pyrrole nitrogens is 1. The Morgan fingerprint density at radius 2 is 1.86 bits per heavy atom. The van der Waals surface area contributed by atoms with Crippen LogP contribution in [0.5, 0.6) is 5.75 Å². The first kappa shape index (κ1) is 21.2. The molecule has 1 unspecified atom stereocenters. The fourth-order valence-electron chi connectivity index (χ4n) is 5.09. The topological polar surface area (TPSA) is 87.2 Å². The van der Waals surface area contributed by atoms with Crippen molar-refractivity contribution in [3.8, 4) is 17.0 Å². The number of rotatable bonds is 4. The molecule has 174 valence electrons. The third-order valence-electron chi connectivity index (χ3n) is 6.77. The van der Waals surface area contributed by atoms with E-state index in [0.717, 1.165) is 51.6 Å². The zero-order chi connectivity index (χ0) is 23.8. The summed E-state index contributed by atoms with van der Waals surface area (Å²) in [6.07, 6.45) is 3.86. The number of ether oxygens (including phenoxy) is 1. The number of alkyl carbamates (subject to hydrolysis) is 1. The van der Waals surface area contributed by atoms with Crippen molar-refractivity contribution in [3.63, 3.8) is 0 Å². The summed E-state index contributed by atoms with van der Waals surface area (Å²) in [6, 6.07) is 23.0. The fraction of sp³-hybridized carbons (Fsp3) is 0.172. The summed E-state index contributed by atoms with van der Waals surface area (Å²) in [5.74, 6) is 0.221. The van der Waals surface area contributed by atoms with Crippen LogP contribution in [0.15, 0.2) is 79.0 Å². The molecule has 1 atom stereocenters. The summed E-state index contributed by atoms with van der Waals surface area (Å²) in [6.45, 7) is 0.242. The molecule has 1 aliphatic rings. The summed E-state index contributed by atoms with van der Waals surface area (Å²) < 4.78 is 5.47. The Labute approximate surface area is 202 Å². The predicted molar refractivity (Wildman–Crippen MR) is 136 cm³/mol. The molecule has 6 nitrogen and oxygen atoms in total. The molecule has 6 heteroatoms. The Hall–Kier alpha value is -4.32. The summed E-state index contributed by atoms with van der Waals surface area (Å²) in [5.41, 5.74) is 7.25. The lowest BCUT2D eigenvalue weighted by molar-refractivity contribution is 0.134. The highest BCUT2D eigenvalue weighted by Crippen LogP contribution is 2.38. The Kier molecular flexibility index (Phi) is 5.34. The molecule has 1 amide bonds. The number of hydrogen-bond donors (Lipinski definition) is 3. The van der Waals surface area contributed by atoms with Gasteiger partial charge in [-0.25, -0.2) is 9.78 Å². The number of phenols is 1. The molecule has 3 aromatic carbocycles. The number of aromatic hydroxyl groups is 1. The van der Waals surface area contributed by atoms with Gasteiger partial charge in [0, 0.05) is 34.1 Å².